The van der Waals surface area contributed by atoms with Gasteiger partial charge in [0.25, 0.3) is 0 Å². The van der Waals surface area contributed by atoms with Crippen molar-refractivity contribution in [2.75, 3.05) is 12.4 Å². The highest BCUT2D eigenvalue weighted by molar-refractivity contribution is 5.85. The lowest BCUT2D eigenvalue weighted by molar-refractivity contribution is 0.415. The highest BCUT2D eigenvalue weighted by atomic mass is 19.1. The number of nitrogens with one attached hydrogen (secondary N) is 1. The van der Waals surface area contributed by atoms with Gasteiger partial charge in [0.1, 0.15) is 11.6 Å². The Hall–Kier alpha value is -3.55. The van der Waals surface area contributed by atoms with Crippen molar-refractivity contribution < 1.29 is 14.2 Å². The first-order valence-corrected chi connectivity index (χ1v) is 7.79. The van der Waals surface area contributed by atoms with E-state index in [4.69, 9.17) is 4.74 Å². The molecule has 130 valence electrons. The Morgan fingerprint density at radius 2 is 1.69 bits per heavy atom. The van der Waals surface area contributed by atoms with E-state index in [2.05, 4.69) is 25.3 Å². The summed E-state index contributed by atoms with van der Waals surface area (Å²) in [5.41, 5.74) is 1.74. The molecule has 0 amide bonds. The molecule has 0 bridgehead atoms. The summed E-state index contributed by atoms with van der Waals surface area (Å²) in [4.78, 5) is 17.0. The standard InChI is InChI=1S/C18H14FN5O2/c1-9-13-8-11(26-2)4-6-14(13)21-17(20-9)24-18-22-15-7-10(19)3-5-12(15)16(25)23-18/h3-8H,1-2H3,(H2,20,21,22,23,24,25). The molecule has 0 aliphatic rings. The van der Waals surface area contributed by atoms with Crippen molar-refractivity contribution in [3.05, 3.63) is 47.9 Å². The Balaban J connectivity index is 1.76. The predicted molar refractivity (Wildman–Crippen MR) is 95.3 cm³/mol. The smallest absolute Gasteiger partial charge is 0.233 e. The third kappa shape index (κ3) is 2.81. The quantitative estimate of drug-likeness (QED) is 0.584. The number of fused-ring (bicyclic) bond motifs is 2. The van der Waals surface area contributed by atoms with Crippen LogP contribution in [0.15, 0.2) is 36.4 Å². The van der Waals surface area contributed by atoms with Crippen LogP contribution in [0.1, 0.15) is 5.69 Å². The maximum absolute atomic E-state index is 13.4. The molecule has 2 heterocycles. The molecule has 7 nitrogen and oxygen atoms in total. The third-order valence-corrected chi connectivity index (χ3v) is 3.96. The number of nitrogens with zero attached hydrogens (tertiary/aromatic N) is 4. The average Bonchev–Trinajstić information content (AvgIpc) is 2.61. The summed E-state index contributed by atoms with van der Waals surface area (Å²) in [6, 6.07) is 9.37. The first-order valence-electron chi connectivity index (χ1n) is 7.79. The number of hydrogen-bond acceptors (Lipinski definition) is 7. The summed E-state index contributed by atoms with van der Waals surface area (Å²) in [7, 11) is 1.60. The van der Waals surface area contributed by atoms with E-state index in [1.54, 1.807) is 13.2 Å². The second-order valence-electron chi connectivity index (χ2n) is 5.67. The molecule has 0 spiro atoms. The van der Waals surface area contributed by atoms with Crippen molar-refractivity contribution in [1.29, 1.82) is 0 Å². The van der Waals surface area contributed by atoms with Crippen molar-refractivity contribution in [2.24, 2.45) is 0 Å². The molecular weight excluding hydrogens is 337 g/mol. The zero-order chi connectivity index (χ0) is 18.3. The van der Waals surface area contributed by atoms with Crippen molar-refractivity contribution in [3.8, 4) is 11.6 Å². The van der Waals surface area contributed by atoms with Crippen molar-refractivity contribution in [2.45, 2.75) is 6.92 Å². The maximum Gasteiger partial charge on any atom is 0.233 e. The molecule has 2 aromatic heterocycles. The Morgan fingerprint density at radius 3 is 2.50 bits per heavy atom. The van der Waals surface area contributed by atoms with Crippen LogP contribution in [0, 0.1) is 12.7 Å². The molecule has 8 heteroatoms. The van der Waals surface area contributed by atoms with E-state index in [0.29, 0.717) is 5.39 Å². The molecule has 26 heavy (non-hydrogen) atoms. The number of rotatable bonds is 3. The molecule has 4 aromatic rings. The molecule has 0 saturated carbocycles. The molecule has 0 aliphatic heterocycles. The maximum atomic E-state index is 13.4. The van der Waals surface area contributed by atoms with E-state index in [1.165, 1.54) is 18.2 Å². The van der Waals surface area contributed by atoms with Gasteiger partial charge in [-0.2, -0.15) is 4.98 Å². The monoisotopic (exact) mass is 351 g/mol. The van der Waals surface area contributed by atoms with Gasteiger partial charge in [0.05, 0.1) is 29.2 Å². The van der Waals surface area contributed by atoms with Crippen molar-refractivity contribution >= 4 is 33.7 Å². The number of aromatic nitrogens is 4. The summed E-state index contributed by atoms with van der Waals surface area (Å²) >= 11 is 0. The number of hydrogen-bond donors (Lipinski definition) is 2. The van der Waals surface area contributed by atoms with Crippen LogP contribution in [0.3, 0.4) is 0 Å². The minimum atomic E-state index is -0.451. The third-order valence-electron chi connectivity index (χ3n) is 3.96. The van der Waals surface area contributed by atoms with E-state index in [0.717, 1.165) is 22.3 Å². The molecule has 0 saturated heterocycles. The van der Waals surface area contributed by atoms with Crippen LogP contribution in [0.2, 0.25) is 0 Å². The van der Waals surface area contributed by atoms with Gasteiger partial charge < -0.3 is 9.84 Å². The largest absolute Gasteiger partial charge is 0.497 e. The Kier molecular flexibility index (Phi) is 3.72. The van der Waals surface area contributed by atoms with Crippen LogP contribution in [0.4, 0.5) is 16.3 Å². The van der Waals surface area contributed by atoms with Gasteiger partial charge >= 0.3 is 0 Å². The summed E-state index contributed by atoms with van der Waals surface area (Å²) in [6.07, 6.45) is 0. The zero-order valence-electron chi connectivity index (χ0n) is 14.0. The minimum absolute atomic E-state index is 0.0767. The molecular formula is C18H14FN5O2. The number of halogens is 1. The van der Waals surface area contributed by atoms with Gasteiger partial charge in [0.15, 0.2) is 0 Å². The van der Waals surface area contributed by atoms with Crippen LogP contribution in [-0.4, -0.2) is 32.2 Å². The Morgan fingerprint density at radius 1 is 0.923 bits per heavy atom. The van der Waals surface area contributed by atoms with Gasteiger partial charge in [-0.1, -0.05) is 0 Å². The van der Waals surface area contributed by atoms with E-state index < -0.39 is 5.82 Å². The average molecular weight is 351 g/mol. The fourth-order valence-corrected chi connectivity index (χ4v) is 2.69. The molecule has 2 N–H and O–H groups in total. The number of anilines is 2. The summed E-state index contributed by atoms with van der Waals surface area (Å²) in [5.74, 6) is 0.367. The van der Waals surface area contributed by atoms with Gasteiger partial charge in [0, 0.05) is 11.5 Å². The molecule has 4 rings (SSSR count). The number of benzene rings is 2. The van der Waals surface area contributed by atoms with E-state index in [-0.39, 0.29) is 23.3 Å². The number of methoxy groups -OCH3 is 1. The summed E-state index contributed by atoms with van der Waals surface area (Å²) < 4.78 is 18.6. The van der Waals surface area contributed by atoms with Gasteiger partial charge in [0.2, 0.25) is 17.8 Å². The topological polar surface area (TPSA) is 93.0 Å². The normalized spacial score (nSPS) is 11.0. The molecule has 0 aliphatic carbocycles. The SMILES string of the molecule is COc1ccc2nc(Nc3nc(O)c4ccc(F)cc4n3)nc(C)c2c1. The fraction of sp³-hybridized carbons (Fsp3) is 0.111. The van der Waals surface area contributed by atoms with Gasteiger partial charge in [-0.05, 0) is 37.3 Å². The predicted octanol–water partition coefficient (Wildman–Crippen LogP) is 3.48. The van der Waals surface area contributed by atoms with Gasteiger partial charge in [-0.15, -0.1) is 0 Å². The first kappa shape index (κ1) is 15.9. The zero-order valence-corrected chi connectivity index (χ0v) is 14.0. The molecule has 0 fully saturated rings. The second kappa shape index (κ2) is 6.07. The van der Waals surface area contributed by atoms with Crippen LogP contribution in [0.25, 0.3) is 21.8 Å². The van der Waals surface area contributed by atoms with Crippen molar-refractivity contribution in [3.63, 3.8) is 0 Å². The lowest BCUT2D eigenvalue weighted by Gasteiger charge is -2.09. The number of ether oxygens (including phenoxy) is 1. The lowest BCUT2D eigenvalue weighted by Crippen LogP contribution is -2.03. The fourth-order valence-electron chi connectivity index (χ4n) is 2.69. The minimum Gasteiger partial charge on any atom is -0.497 e. The summed E-state index contributed by atoms with van der Waals surface area (Å²) in [6.45, 7) is 1.85. The van der Waals surface area contributed by atoms with E-state index >= 15 is 0 Å². The number of aryl methyl sites for hydroxylation is 1. The van der Waals surface area contributed by atoms with Gasteiger partial charge in [-0.3, -0.25) is 5.32 Å². The number of aromatic hydroxyl groups is 1. The Labute approximate surface area is 147 Å². The van der Waals surface area contributed by atoms with Crippen LogP contribution < -0.4 is 10.1 Å². The lowest BCUT2D eigenvalue weighted by atomic mass is 10.2. The molecule has 2 aromatic carbocycles. The highest BCUT2D eigenvalue weighted by Crippen LogP contribution is 2.26. The van der Waals surface area contributed by atoms with Crippen LogP contribution in [-0.2, 0) is 0 Å². The molecule has 0 unspecified atom stereocenters. The van der Waals surface area contributed by atoms with E-state index in [9.17, 15) is 9.50 Å². The van der Waals surface area contributed by atoms with E-state index in [1.807, 2.05) is 19.1 Å². The second-order valence-corrected chi connectivity index (χ2v) is 5.67. The Bertz CT molecular complexity index is 1150. The first-order chi connectivity index (χ1) is 12.5. The highest BCUT2D eigenvalue weighted by Gasteiger charge is 2.11. The van der Waals surface area contributed by atoms with Crippen LogP contribution in [0.5, 0.6) is 11.6 Å². The molecule has 0 radical (unpaired) electrons. The van der Waals surface area contributed by atoms with Crippen molar-refractivity contribution in [1.82, 2.24) is 19.9 Å². The summed E-state index contributed by atoms with van der Waals surface area (Å²) in [5, 5.41) is 14.1. The van der Waals surface area contributed by atoms with Gasteiger partial charge in [-0.25, -0.2) is 19.3 Å². The molecule has 0 atom stereocenters. The van der Waals surface area contributed by atoms with Crippen LogP contribution >= 0.6 is 0 Å².